The third-order valence-corrected chi connectivity index (χ3v) is 1.44. The van der Waals surface area contributed by atoms with Gasteiger partial charge in [-0.1, -0.05) is 18.6 Å². The molecule has 1 nitrogen and oxygen atoms in total. The van der Waals surface area contributed by atoms with E-state index in [-0.39, 0.29) is 0 Å². The molecule has 0 aliphatic carbocycles. The molecule has 0 heterocycles. The maximum atomic E-state index is 5.31. The molecule has 0 rings (SSSR count). The Balaban J connectivity index is 2.83. The molecule has 0 fully saturated rings. The van der Waals surface area contributed by atoms with Gasteiger partial charge in [-0.2, -0.15) is 0 Å². The van der Waals surface area contributed by atoms with Crippen molar-refractivity contribution in [2.75, 3.05) is 6.54 Å². The van der Waals surface area contributed by atoms with Crippen molar-refractivity contribution in [3.05, 3.63) is 0 Å². The van der Waals surface area contributed by atoms with Gasteiger partial charge in [0.2, 0.25) is 0 Å². The quantitative estimate of drug-likeness (QED) is 0.472. The third kappa shape index (κ3) is 8.05. The minimum Gasteiger partial charge on any atom is -0.330 e. The van der Waals surface area contributed by atoms with Gasteiger partial charge in [-0.3, -0.25) is 0 Å². The zero-order valence-electron chi connectivity index (χ0n) is 6.02. The summed E-state index contributed by atoms with van der Waals surface area (Å²) in [5.74, 6) is 0. The van der Waals surface area contributed by atoms with E-state index in [0.29, 0.717) is 0 Å². The van der Waals surface area contributed by atoms with Gasteiger partial charge in [0.25, 0.3) is 0 Å². The van der Waals surface area contributed by atoms with Gasteiger partial charge in [-0.15, -0.1) is 0 Å². The molecule has 0 spiro atoms. The number of hydrogen-bond acceptors (Lipinski definition) is 2. The topological polar surface area (TPSA) is 26.0 Å². The first-order valence-electron chi connectivity index (χ1n) is 3.47. The van der Waals surface area contributed by atoms with Crippen LogP contribution in [0.2, 0.25) is 0 Å². The van der Waals surface area contributed by atoms with E-state index in [1.54, 1.807) is 0 Å². The van der Waals surface area contributed by atoms with Gasteiger partial charge in [0, 0.05) is 0 Å². The minimum absolute atomic E-state index is 0.816. The summed E-state index contributed by atoms with van der Waals surface area (Å²) in [7, 11) is 0. The van der Waals surface area contributed by atoms with Crippen LogP contribution < -0.4 is 5.73 Å². The number of nitrogens with two attached hydrogens (primary N) is 1. The molecule has 0 saturated carbocycles. The van der Waals surface area contributed by atoms with E-state index < -0.39 is 0 Å². The van der Waals surface area contributed by atoms with Crippen molar-refractivity contribution in [2.45, 2.75) is 32.6 Å². The lowest BCUT2D eigenvalue weighted by Crippen LogP contribution is -1.98. The molecule has 0 aromatic heterocycles. The highest BCUT2D eigenvalue weighted by atomic mass is 32.1. The lowest BCUT2D eigenvalue weighted by atomic mass is 10.1. The summed E-state index contributed by atoms with van der Waals surface area (Å²) in [6.07, 6.45) is 4.68. The van der Waals surface area contributed by atoms with E-state index in [0.717, 1.165) is 24.3 Å². The fourth-order valence-electron chi connectivity index (χ4n) is 0.695. The monoisotopic (exact) mass is 145 g/mol. The second-order valence-electron chi connectivity index (χ2n) is 2.30. The minimum atomic E-state index is 0.816. The molecule has 0 aliphatic rings. The molecule has 0 saturated heterocycles. The van der Waals surface area contributed by atoms with E-state index in [1.165, 1.54) is 12.8 Å². The van der Waals surface area contributed by atoms with Crippen molar-refractivity contribution in [1.29, 1.82) is 0 Å². The van der Waals surface area contributed by atoms with Crippen molar-refractivity contribution >= 4 is 17.1 Å². The van der Waals surface area contributed by atoms with Gasteiger partial charge >= 0.3 is 0 Å². The first-order valence-corrected chi connectivity index (χ1v) is 3.87. The van der Waals surface area contributed by atoms with Gasteiger partial charge < -0.3 is 5.73 Å². The number of rotatable bonds is 5. The Kier molecular flexibility index (Phi) is 6.21. The second-order valence-corrected chi connectivity index (χ2v) is 3.00. The normalized spacial score (nSPS) is 9.56. The summed E-state index contributed by atoms with van der Waals surface area (Å²) in [5.41, 5.74) is 5.31. The molecule has 0 aromatic rings. The van der Waals surface area contributed by atoms with E-state index >= 15 is 0 Å². The van der Waals surface area contributed by atoms with Crippen LogP contribution in [0.3, 0.4) is 0 Å². The zero-order chi connectivity index (χ0) is 7.11. The largest absolute Gasteiger partial charge is 0.330 e. The predicted molar refractivity (Wildman–Crippen MR) is 45.8 cm³/mol. The molecular formula is C7H15NS. The first kappa shape index (κ1) is 9.05. The molecule has 54 valence electrons. The average Bonchev–Trinajstić information content (AvgIpc) is 1.80. The van der Waals surface area contributed by atoms with E-state index in [2.05, 4.69) is 0 Å². The Morgan fingerprint density at radius 1 is 1.33 bits per heavy atom. The smallest absolute Gasteiger partial charge is 0.00773 e. The highest BCUT2D eigenvalue weighted by Crippen LogP contribution is 1.99. The summed E-state index contributed by atoms with van der Waals surface area (Å²) < 4.78 is 0. The Labute approximate surface area is 62.6 Å². The van der Waals surface area contributed by atoms with E-state index in [1.807, 2.05) is 6.92 Å². The number of unbranched alkanes of at least 4 members (excludes halogenated alkanes) is 2. The molecule has 0 aromatic carbocycles. The molecule has 0 amide bonds. The van der Waals surface area contributed by atoms with Crippen LogP contribution in [0.15, 0.2) is 0 Å². The molecule has 9 heavy (non-hydrogen) atoms. The van der Waals surface area contributed by atoms with Crippen molar-refractivity contribution < 1.29 is 0 Å². The highest BCUT2D eigenvalue weighted by Gasteiger charge is 1.88. The highest BCUT2D eigenvalue weighted by molar-refractivity contribution is 7.80. The number of hydrogen-bond donors (Lipinski definition) is 1. The van der Waals surface area contributed by atoms with Crippen LogP contribution in [0.5, 0.6) is 0 Å². The van der Waals surface area contributed by atoms with Crippen molar-refractivity contribution in [3.63, 3.8) is 0 Å². The number of thiocarbonyl (C=S) groups is 1. The molecule has 0 aliphatic heterocycles. The Morgan fingerprint density at radius 3 is 2.44 bits per heavy atom. The lowest BCUT2D eigenvalue weighted by Gasteiger charge is -1.95. The predicted octanol–water partition coefficient (Wildman–Crippen LogP) is 1.90. The van der Waals surface area contributed by atoms with Gasteiger partial charge in [0.1, 0.15) is 0 Å². The lowest BCUT2D eigenvalue weighted by molar-refractivity contribution is 0.707. The van der Waals surface area contributed by atoms with Crippen LogP contribution >= 0.6 is 12.2 Å². The molecule has 0 atom stereocenters. The molecule has 2 N–H and O–H groups in total. The van der Waals surface area contributed by atoms with Crippen LogP contribution in [0.25, 0.3) is 0 Å². The van der Waals surface area contributed by atoms with Crippen molar-refractivity contribution in [3.8, 4) is 0 Å². The summed E-state index contributed by atoms with van der Waals surface area (Å²) >= 11 is 4.91. The summed E-state index contributed by atoms with van der Waals surface area (Å²) in [6.45, 7) is 2.81. The Morgan fingerprint density at radius 2 is 2.00 bits per heavy atom. The SMILES string of the molecule is CC(=S)CCCCCN. The molecular weight excluding hydrogens is 130 g/mol. The zero-order valence-corrected chi connectivity index (χ0v) is 6.84. The van der Waals surface area contributed by atoms with Crippen LogP contribution in [-0.4, -0.2) is 11.4 Å². The fourth-order valence-corrected chi connectivity index (χ4v) is 0.839. The Bertz CT molecular complexity index is 81.0. The van der Waals surface area contributed by atoms with Crippen LogP contribution in [0.1, 0.15) is 32.6 Å². The summed E-state index contributed by atoms with van der Waals surface area (Å²) in [6, 6.07) is 0. The van der Waals surface area contributed by atoms with Crippen LogP contribution in [0.4, 0.5) is 0 Å². The van der Waals surface area contributed by atoms with Crippen molar-refractivity contribution in [1.82, 2.24) is 0 Å². The van der Waals surface area contributed by atoms with Crippen molar-refractivity contribution in [2.24, 2.45) is 5.73 Å². The molecule has 2 heteroatoms. The molecule has 0 radical (unpaired) electrons. The fraction of sp³-hybridized carbons (Fsp3) is 0.857. The van der Waals surface area contributed by atoms with E-state index in [9.17, 15) is 0 Å². The Hall–Kier alpha value is 0.0500. The van der Waals surface area contributed by atoms with Gasteiger partial charge in [0.05, 0.1) is 0 Å². The average molecular weight is 145 g/mol. The third-order valence-electron chi connectivity index (χ3n) is 1.23. The standard InChI is InChI=1S/C7H15NS/c1-7(9)5-3-2-4-6-8/h2-6,8H2,1H3. The summed E-state index contributed by atoms with van der Waals surface area (Å²) in [4.78, 5) is 1.12. The van der Waals surface area contributed by atoms with Gasteiger partial charge in [-0.25, -0.2) is 0 Å². The second kappa shape index (κ2) is 6.17. The molecule has 0 bridgehead atoms. The van der Waals surface area contributed by atoms with Gasteiger partial charge in [0.15, 0.2) is 0 Å². The van der Waals surface area contributed by atoms with Crippen LogP contribution in [-0.2, 0) is 0 Å². The van der Waals surface area contributed by atoms with Crippen LogP contribution in [0, 0.1) is 0 Å². The summed E-state index contributed by atoms with van der Waals surface area (Å²) in [5, 5.41) is 0. The molecule has 0 unspecified atom stereocenters. The maximum Gasteiger partial charge on any atom is -0.00773 e. The maximum absolute atomic E-state index is 5.31. The van der Waals surface area contributed by atoms with E-state index in [4.69, 9.17) is 18.0 Å². The first-order chi connectivity index (χ1) is 4.27. The van der Waals surface area contributed by atoms with Gasteiger partial charge in [-0.05, 0) is 37.6 Å².